The zero-order chi connectivity index (χ0) is 18.8. The summed E-state index contributed by atoms with van der Waals surface area (Å²) < 4.78 is 3.42. The van der Waals surface area contributed by atoms with Gasteiger partial charge in [-0.1, -0.05) is 35.0 Å². The Morgan fingerprint density at radius 1 is 1.12 bits per heavy atom. The SMILES string of the molecule is Cc1ccc(CCNC(=O)Cn2nnc3c2c(=O)n(C)c(=O)n3C)cc1. The van der Waals surface area contributed by atoms with Gasteiger partial charge in [0.05, 0.1) is 0 Å². The van der Waals surface area contributed by atoms with Gasteiger partial charge in [0.25, 0.3) is 5.56 Å². The number of rotatable bonds is 5. The van der Waals surface area contributed by atoms with Gasteiger partial charge in [0, 0.05) is 20.6 Å². The van der Waals surface area contributed by atoms with Crippen LogP contribution in [0.1, 0.15) is 11.1 Å². The van der Waals surface area contributed by atoms with Crippen LogP contribution in [-0.4, -0.2) is 36.6 Å². The third kappa shape index (κ3) is 3.28. The topological polar surface area (TPSA) is 104 Å². The van der Waals surface area contributed by atoms with Crippen molar-refractivity contribution < 1.29 is 4.79 Å². The van der Waals surface area contributed by atoms with Crippen molar-refractivity contribution in [2.24, 2.45) is 14.1 Å². The average Bonchev–Trinajstić information content (AvgIpc) is 3.03. The van der Waals surface area contributed by atoms with Gasteiger partial charge in [-0.2, -0.15) is 0 Å². The molecule has 0 spiro atoms. The van der Waals surface area contributed by atoms with Crippen LogP contribution in [-0.2, 0) is 31.9 Å². The van der Waals surface area contributed by atoms with E-state index in [1.54, 1.807) is 0 Å². The highest BCUT2D eigenvalue weighted by atomic mass is 16.2. The zero-order valence-corrected chi connectivity index (χ0v) is 14.9. The molecule has 3 aromatic rings. The van der Waals surface area contributed by atoms with Gasteiger partial charge < -0.3 is 5.32 Å². The van der Waals surface area contributed by atoms with E-state index in [1.165, 1.54) is 28.9 Å². The average molecular weight is 356 g/mol. The maximum Gasteiger partial charge on any atom is 0.332 e. The lowest BCUT2D eigenvalue weighted by molar-refractivity contribution is -0.121. The van der Waals surface area contributed by atoms with Crippen LogP contribution in [0.15, 0.2) is 33.9 Å². The lowest BCUT2D eigenvalue weighted by Gasteiger charge is -2.07. The summed E-state index contributed by atoms with van der Waals surface area (Å²) in [7, 11) is 2.88. The molecule has 1 aromatic carbocycles. The van der Waals surface area contributed by atoms with Gasteiger partial charge in [-0.3, -0.25) is 18.7 Å². The quantitative estimate of drug-likeness (QED) is 0.663. The Kier molecular flexibility index (Phi) is 4.70. The zero-order valence-electron chi connectivity index (χ0n) is 14.9. The van der Waals surface area contributed by atoms with Crippen molar-refractivity contribution in [1.29, 1.82) is 0 Å². The standard InChI is InChI=1S/C17H20N6O3/c1-11-4-6-12(7-5-11)8-9-18-13(24)10-23-14-15(19-20-23)21(2)17(26)22(3)16(14)25/h4-7H,8-10H2,1-3H3,(H,18,24). The predicted octanol–water partition coefficient (Wildman–Crippen LogP) is -0.504. The molecule has 0 unspecified atom stereocenters. The summed E-state index contributed by atoms with van der Waals surface area (Å²) in [4.78, 5) is 36.4. The number of fused-ring (bicyclic) bond motifs is 1. The molecule has 0 radical (unpaired) electrons. The van der Waals surface area contributed by atoms with E-state index >= 15 is 0 Å². The summed E-state index contributed by atoms with van der Waals surface area (Å²) in [5, 5.41) is 10.5. The van der Waals surface area contributed by atoms with Gasteiger partial charge in [-0.25, -0.2) is 9.48 Å². The van der Waals surface area contributed by atoms with Crippen molar-refractivity contribution in [3.05, 3.63) is 56.2 Å². The normalized spacial score (nSPS) is 11.0. The highest BCUT2D eigenvalue weighted by molar-refractivity contribution is 5.78. The second-order valence-corrected chi connectivity index (χ2v) is 6.21. The van der Waals surface area contributed by atoms with E-state index in [2.05, 4.69) is 15.6 Å². The number of benzene rings is 1. The summed E-state index contributed by atoms with van der Waals surface area (Å²) in [5.74, 6) is -0.278. The molecule has 1 N–H and O–H groups in total. The van der Waals surface area contributed by atoms with E-state index in [4.69, 9.17) is 0 Å². The van der Waals surface area contributed by atoms with E-state index in [1.807, 2.05) is 31.2 Å². The Morgan fingerprint density at radius 2 is 1.81 bits per heavy atom. The summed E-state index contributed by atoms with van der Waals surface area (Å²) in [6.45, 7) is 2.36. The first-order chi connectivity index (χ1) is 12.4. The van der Waals surface area contributed by atoms with Crippen LogP contribution in [0.2, 0.25) is 0 Å². The molecule has 0 atom stereocenters. The van der Waals surface area contributed by atoms with Crippen LogP contribution >= 0.6 is 0 Å². The van der Waals surface area contributed by atoms with Crippen LogP contribution in [0, 0.1) is 6.92 Å². The van der Waals surface area contributed by atoms with Crippen molar-refractivity contribution in [1.82, 2.24) is 29.4 Å². The number of carbonyl (C=O) groups is 1. The van der Waals surface area contributed by atoms with Crippen molar-refractivity contribution in [3.63, 3.8) is 0 Å². The number of aryl methyl sites for hydroxylation is 2. The van der Waals surface area contributed by atoms with Crippen LogP contribution < -0.4 is 16.6 Å². The molecule has 0 saturated heterocycles. The maximum absolute atomic E-state index is 12.3. The third-order valence-electron chi connectivity index (χ3n) is 4.27. The summed E-state index contributed by atoms with van der Waals surface area (Å²) in [5.41, 5.74) is 1.59. The molecular weight excluding hydrogens is 336 g/mol. The first-order valence-corrected chi connectivity index (χ1v) is 8.20. The Labute approximate surface area is 148 Å². The van der Waals surface area contributed by atoms with Gasteiger partial charge >= 0.3 is 5.69 Å². The number of nitrogens with zero attached hydrogens (tertiary/aromatic N) is 5. The molecular formula is C17H20N6O3. The molecule has 2 aromatic heterocycles. The molecule has 0 saturated carbocycles. The van der Waals surface area contributed by atoms with Crippen LogP contribution in [0.5, 0.6) is 0 Å². The number of nitrogens with one attached hydrogen (secondary N) is 1. The molecule has 0 bridgehead atoms. The molecule has 26 heavy (non-hydrogen) atoms. The van der Waals surface area contributed by atoms with Crippen LogP contribution in [0.3, 0.4) is 0 Å². The minimum Gasteiger partial charge on any atom is -0.354 e. The Hall–Kier alpha value is -3.23. The Morgan fingerprint density at radius 3 is 2.50 bits per heavy atom. The second-order valence-electron chi connectivity index (χ2n) is 6.21. The van der Waals surface area contributed by atoms with E-state index in [-0.39, 0.29) is 23.6 Å². The van der Waals surface area contributed by atoms with E-state index in [9.17, 15) is 14.4 Å². The minimum absolute atomic E-state index is 0.128. The van der Waals surface area contributed by atoms with E-state index < -0.39 is 11.2 Å². The summed E-state index contributed by atoms with van der Waals surface area (Å²) in [6, 6.07) is 8.10. The molecule has 1 amide bonds. The molecule has 136 valence electrons. The largest absolute Gasteiger partial charge is 0.354 e. The number of hydrogen-bond acceptors (Lipinski definition) is 5. The third-order valence-corrected chi connectivity index (χ3v) is 4.27. The number of hydrogen-bond donors (Lipinski definition) is 1. The van der Waals surface area contributed by atoms with Crippen molar-refractivity contribution in [3.8, 4) is 0 Å². The van der Waals surface area contributed by atoms with Crippen LogP contribution in [0.4, 0.5) is 0 Å². The molecule has 0 aliphatic heterocycles. The minimum atomic E-state index is -0.527. The number of carbonyl (C=O) groups excluding carboxylic acids is 1. The van der Waals surface area contributed by atoms with Crippen molar-refractivity contribution >= 4 is 17.1 Å². The van der Waals surface area contributed by atoms with Gasteiger partial charge in [0.2, 0.25) is 5.91 Å². The van der Waals surface area contributed by atoms with Gasteiger partial charge in [-0.15, -0.1) is 5.10 Å². The lowest BCUT2D eigenvalue weighted by atomic mass is 10.1. The van der Waals surface area contributed by atoms with Crippen molar-refractivity contribution in [2.75, 3.05) is 6.54 Å². The molecule has 0 aliphatic rings. The molecule has 9 nitrogen and oxygen atoms in total. The van der Waals surface area contributed by atoms with Crippen LogP contribution in [0.25, 0.3) is 11.2 Å². The van der Waals surface area contributed by atoms with E-state index in [0.717, 1.165) is 10.1 Å². The Bertz CT molecular complexity index is 1070. The van der Waals surface area contributed by atoms with Crippen molar-refractivity contribution in [2.45, 2.75) is 19.9 Å². The molecule has 9 heteroatoms. The highest BCUT2D eigenvalue weighted by Gasteiger charge is 2.17. The first-order valence-electron chi connectivity index (χ1n) is 8.20. The van der Waals surface area contributed by atoms with Gasteiger partial charge in [0.15, 0.2) is 11.2 Å². The smallest absolute Gasteiger partial charge is 0.332 e. The predicted molar refractivity (Wildman–Crippen MR) is 95.9 cm³/mol. The fourth-order valence-electron chi connectivity index (χ4n) is 2.70. The molecule has 2 heterocycles. The number of amides is 1. The molecule has 0 fully saturated rings. The summed E-state index contributed by atoms with van der Waals surface area (Å²) in [6.07, 6.45) is 0.709. The lowest BCUT2D eigenvalue weighted by Crippen LogP contribution is -2.38. The fraction of sp³-hybridized carbons (Fsp3) is 0.353. The monoisotopic (exact) mass is 356 g/mol. The Balaban J connectivity index is 1.71. The second kappa shape index (κ2) is 6.95. The van der Waals surface area contributed by atoms with E-state index in [0.29, 0.717) is 13.0 Å². The van der Waals surface area contributed by atoms with Gasteiger partial charge in [0.1, 0.15) is 6.54 Å². The fourth-order valence-corrected chi connectivity index (χ4v) is 2.70. The number of aromatic nitrogens is 5. The maximum atomic E-state index is 12.3. The highest BCUT2D eigenvalue weighted by Crippen LogP contribution is 2.04. The van der Waals surface area contributed by atoms with Gasteiger partial charge in [-0.05, 0) is 18.9 Å². The molecule has 3 rings (SSSR count). The molecule has 0 aliphatic carbocycles. The first kappa shape index (κ1) is 17.6. The summed E-state index contributed by atoms with van der Waals surface area (Å²) >= 11 is 0.